The predicted octanol–water partition coefficient (Wildman–Crippen LogP) is 3.85. The number of hydrogen-bond acceptors (Lipinski definition) is 5. The average molecular weight is 327 g/mol. The van der Waals surface area contributed by atoms with E-state index in [2.05, 4.69) is 5.16 Å². The van der Waals surface area contributed by atoms with Gasteiger partial charge in [0.15, 0.2) is 5.76 Å². The molecule has 1 aromatic heterocycles. The normalized spacial score (nSPS) is 10.4. The molecule has 0 spiro atoms. The molecule has 0 saturated carbocycles. The maximum atomic E-state index is 13.5. The van der Waals surface area contributed by atoms with Crippen molar-refractivity contribution in [3.63, 3.8) is 0 Å². The zero-order chi connectivity index (χ0) is 16.9. The van der Waals surface area contributed by atoms with Gasteiger partial charge in [-0.25, -0.2) is 9.18 Å². The SMILES string of the molecule is COc1ccc(-c2cc(COC(=O)c3ccccc3F)no2)cc1. The van der Waals surface area contributed by atoms with Crippen molar-refractivity contribution in [3.05, 3.63) is 71.7 Å². The molecular weight excluding hydrogens is 313 g/mol. The van der Waals surface area contributed by atoms with Gasteiger partial charge in [0.25, 0.3) is 0 Å². The van der Waals surface area contributed by atoms with Crippen molar-refractivity contribution >= 4 is 5.97 Å². The van der Waals surface area contributed by atoms with Crippen LogP contribution in [-0.4, -0.2) is 18.2 Å². The van der Waals surface area contributed by atoms with E-state index in [1.54, 1.807) is 31.4 Å². The lowest BCUT2D eigenvalue weighted by Gasteiger charge is -2.03. The van der Waals surface area contributed by atoms with Crippen LogP contribution in [0.3, 0.4) is 0 Å². The molecule has 0 aliphatic rings. The third kappa shape index (κ3) is 3.43. The van der Waals surface area contributed by atoms with Gasteiger partial charge in [-0.15, -0.1) is 0 Å². The number of benzene rings is 2. The minimum absolute atomic E-state index is 0.104. The molecule has 0 saturated heterocycles. The van der Waals surface area contributed by atoms with E-state index in [0.717, 1.165) is 11.3 Å². The molecule has 0 aliphatic carbocycles. The molecule has 1 heterocycles. The molecule has 0 amide bonds. The standard InChI is InChI=1S/C18H14FNO4/c1-22-14-8-6-12(7-9-14)17-10-13(20-24-17)11-23-18(21)15-4-2-3-5-16(15)19/h2-10H,11H2,1H3. The zero-order valence-electron chi connectivity index (χ0n) is 12.9. The number of aromatic nitrogens is 1. The van der Waals surface area contributed by atoms with Crippen molar-refractivity contribution < 1.29 is 23.2 Å². The highest BCUT2D eigenvalue weighted by Gasteiger charge is 2.14. The zero-order valence-corrected chi connectivity index (χ0v) is 12.9. The third-order valence-electron chi connectivity index (χ3n) is 3.38. The van der Waals surface area contributed by atoms with Crippen LogP contribution in [-0.2, 0) is 11.3 Å². The number of hydrogen-bond donors (Lipinski definition) is 0. The molecule has 24 heavy (non-hydrogen) atoms. The van der Waals surface area contributed by atoms with E-state index in [0.29, 0.717) is 11.5 Å². The molecule has 0 unspecified atom stereocenters. The highest BCUT2D eigenvalue weighted by Crippen LogP contribution is 2.23. The first kappa shape index (κ1) is 15.7. The quantitative estimate of drug-likeness (QED) is 0.666. The Bertz CT molecular complexity index is 842. The fourth-order valence-corrected chi connectivity index (χ4v) is 2.12. The molecule has 0 fully saturated rings. The first-order valence-electron chi connectivity index (χ1n) is 7.19. The van der Waals surface area contributed by atoms with Gasteiger partial charge in [0, 0.05) is 11.6 Å². The number of carbonyl (C=O) groups is 1. The second kappa shape index (κ2) is 6.95. The van der Waals surface area contributed by atoms with Crippen LogP contribution in [0.4, 0.5) is 4.39 Å². The van der Waals surface area contributed by atoms with E-state index in [9.17, 15) is 9.18 Å². The van der Waals surface area contributed by atoms with Crippen LogP contribution < -0.4 is 4.74 Å². The highest BCUT2D eigenvalue weighted by molar-refractivity contribution is 5.89. The number of methoxy groups -OCH3 is 1. The minimum Gasteiger partial charge on any atom is -0.497 e. The molecule has 3 rings (SSSR count). The number of ether oxygens (including phenoxy) is 2. The summed E-state index contributed by atoms with van der Waals surface area (Å²) in [5.74, 6) is -0.101. The molecule has 2 aromatic carbocycles. The van der Waals surface area contributed by atoms with Crippen molar-refractivity contribution in [2.75, 3.05) is 7.11 Å². The predicted molar refractivity (Wildman–Crippen MR) is 84.0 cm³/mol. The molecule has 6 heteroatoms. The van der Waals surface area contributed by atoms with Gasteiger partial charge in [0.1, 0.15) is 23.9 Å². The first-order chi connectivity index (χ1) is 11.7. The summed E-state index contributed by atoms with van der Waals surface area (Å²) in [6.45, 7) is -0.104. The van der Waals surface area contributed by atoms with Gasteiger partial charge in [-0.2, -0.15) is 0 Å². The second-order valence-corrected chi connectivity index (χ2v) is 4.97. The Morgan fingerprint density at radius 3 is 2.62 bits per heavy atom. The summed E-state index contributed by atoms with van der Waals surface area (Å²) in [6, 6.07) is 14.6. The van der Waals surface area contributed by atoms with E-state index < -0.39 is 11.8 Å². The fraction of sp³-hybridized carbons (Fsp3) is 0.111. The van der Waals surface area contributed by atoms with E-state index in [-0.39, 0.29) is 12.2 Å². The van der Waals surface area contributed by atoms with E-state index >= 15 is 0 Å². The molecule has 0 atom stereocenters. The Balaban J connectivity index is 1.66. The molecule has 0 bridgehead atoms. The van der Waals surface area contributed by atoms with Crippen molar-refractivity contribution in [3.8, 4) is 17.1 Å². The van der Waals surface area contributed by atoms with Gasteiger partial charge in [0.2, 0.25) is 0 Å². The highest BCUT2D eigenvalue weighted by atomic mass is 19.1. The van der Waals surface area contributed by atoms with Gasteiger partial charge in [-0.3, -0.25) is 0 Å². The van der Waals surface area contributed by atoms with Crippen LogP contribution in [0.15, 0.2) is 59.1 Å². The number of rotatable bonds is 5. The summed E-state index contributed by atoms with van der Waals surface area (Å²) >= 11 is 0. The van der Waals surface area contributed by atoms with Crippen LogP contribution in [0.5, 0.6) is 5.75 Å². The summed E-state index contributed by atoms with van der Waals surface area (Å²) in [5, 5.41) is 3.85. The van der Waals surface area contributed by atoms with Crippen LogP contribution >= 0.6 is 0 Å². The van der Waals surface area contributed by atoms with E-state index in [1.165, 1.54) is 18.2 Å². The van der Waals surface area contributed by atoms with E-state index in [4.69, 9.17) is 14.0 Å². The summed E-state index contributed by atoms with van der Waals surface area (Å²) in [5.41, 5.74) is 1.14. The van der Waals surface area contributed by atoms with Gasteiger partial charge in [-0.05, 0) is 36.4 Å². The maximum absolute atomic E-state index is 13.5. The van der Waals surface area contributed by atoms with Crippen molar-refractivity contribution in [2.45, 2.75) is 6.61 Å². The Kier molecular flexibility index (Phi) is 4.56. The minimum atomic E-state index is -0.748. The topological polar surface area (TPSA) is 61.6 Å². The average Bonchev–Trinajstić information content (AvgIpc) is 3.09. The van der Waals surface area contributed by atoms with Crippen molar-refractivity contribution in [2.24, 2.45) is 0 Å². The monoisotopic (exact) mass is 327 g/mol. The van der Waals surface area contributed by atoms with Crippen LogP contribution in [0.25, 0.3) is 11.3 Å². The Morgan fingerprint density at radius 1 is 1.17 bits per heavy atom. The lowest BCUT2D eigenvalue weighted by Crippen LogP contribution is -2.07. The summed E-state index contributed by atoms with van der Waals surface area (Å²) in [4.78, 5) is 11.9. The van der Waals surface area contributed by atoms with Gasteiger partial charge in [0.05, 0.1) is 12.7 Å². The first-order valence-corrected chi connectivity index (χ1v) is 7.19. The summed E-state index contributed by atoms with van der Waals surface area (Å²) in [6.07, 6.45) is 0. The maximum Gasteiger partial charge on any atom is 0.341 e. The Labute approximate surface area is 137 Å². The van der Waals surface area contributed by atoms with Crippen LogP contribution in [0.2, 0.25) is 0 Å². The second-order valence-electron chi connectivity index (χ2n) is 4.97. The van der Waals surface area contributed by atoms with Crippen molar-refractivity contribution in [1.29, 1.82) is 0 Å². The smallest absolute Gasteiger partial charge is 0.341 e. The van der Waals surface area contributed by atoms with Gasteiger partial charge in [-0.1, -0.05) is 17.3 Å². The van der Waals surface area contributed by atoms with Gasteiger partial charge >= 0.3 is 5.97 Å². The summed E-state index contributed by atoms with van der Waals surface area (Å²) in [7, 11) is 1.59. The molecular formula is C18H14FNO4. The van der Waals surface area contributed by atoms with Crippen LogP contribution in [0, 0.1) is 5.82 Å². The Hall–Kier alpha value is -3.15. The number of esters is 1. The summed E-state index contributed by atoms with van der Waals surface area (Å²) < 4.78 is 28.9. The van der Waals surface area contributed by atoms with Gasteiger partial charge < -0.3 is 14.0 Å². The molecule has 5 nitrogen and oxygen atoms in total. The third-order valence-corrected chi connectivity index (χ3v) is 3.38. The lowest BCUT2D eigenvalue weighted by molar-refractivity contribution is 0.0459. The lowest BCUT2D eigenvalue weighted by atomic mass is 10.1. The number of halogens is 1. The van der Waals surface area contributed by atoms with Crippen LogP contribution in [0.1, 0.15) is 16.1 Å². The molecule has 0 radical (unpaired) electrons. The molecule has 3 aromatic rings. The number of carbonyl (C=O) groups excluding carboxylic acids is 1. The molecule has 0 N–H and O–H groups in total. The Morgan fingerprint density at radius 2 is 1.92 bits per heavy atom. The number of nitrogens with zero attached hydrogens (tertiary/aromatic N) is 1. The van der Waals surface area contributed by atoms with E-state index in [1.807, 2.05) is 12.1 Å². The molecule has 0 aliphatic heterocycles. The fourth-order valence-electron chi connectivity index (χ4n) is 2.12. The largest absolute Gasteiger partial charge is 0.497 e. The molecule has 122 valence electrons. The van der Waals surface area contributed by atoms with Crippen molar-refractivity contribution in [1.82, 2.24) is 5.16 Å².